The van der Waals surface area contributed by atoms with Crippen molar-refractivity contribution in [1.82, 2.24) is 24.6 Å². The number of benzene rings is 1. The molecule has 0 radical (unpaired) electrons. The van der Waals surface area contributed by atoms with Gasteiger partial charge in [0.1, 0.15) is 0 Å². The second-order valence-corrected chi connectivity index (χ2v) is 6.59. The van der Waals surface area contributed by atoms with Gasteiger partial charge in [-0.1, -0.05) is 37.2 Å². The molecule has 3 aromatic heterocycles. The molecule has 0 N–H and O–H groups in total. The van der Waals surface area contributed by atoms with E-state index in [1.807, 2.05) is 40.9 Å². The topological polar surface area (TPSA) is 56.0 Å². The molecule has 0 aliphatic heterocycles. The van der Waals surface area contributed by atoms with Crippen molar-refractivity contribution in [3.05, 3.63) is 48.8 Å². The largest absolute Gasteiger partial charge is 0.264 e. The zero-order valence-electron chi connectivity index (χ0n) is 13.4. The number of hydrogen-bond acceptors (Lipinski definition) is 5. The Balaban J connectivity index is 1.91. The highest BCUT2D eigenvalue weighted by molar-refractivity contribution is 7.99. The van der Waals surface area contributed by atoms with Crippen molar-refractivity contribution in [2.45, 2.75) is 24.9 Å². The predicted octanol–water partition coefficient (Wildman–Crippen LogP) is 4.23. The van der Waals surface area contributed by atoms with Gasteiger partial charge in [0.25, 0.3) is 0 Å². The zero-order valence-corrected chi connectivity index (χ0v) is 14.2. The van der Waals surface area contributed by atoms with Crippen molar-refractivity contribution in [2.24, 2.45) is 0 Å². The summed E-state index contributed by atoms with van der Waals surface area (Å²) in [4.78, 5) is 13.7. The van der Waals surface area contributed by atoms with E-state index < -0.39 is 0 Å². The van der Waals surface area contributed by atoms with Crippen LogP contribution in [-0.4, -0.2) is 30.3 Å². The molecule has 3 heterocycles. The fraction of sp³-hybridized carbons (Fsp3) is 0.222. The van der Waals surface area contributed by atoms with Crippen LogP contribution in [0.5, 0.6) is 0 Å². The van der Waals surface area contributed by atoms with Crippen molar-refractivity contribution < 1.29 is 0 Å². The Bertz CT molecular complexity index is 981. The number of aromatic nitrogens is 5. The Kier molecular flexibility index (Phi) is 4.13. The highest BCUT2D eigenvalue weighted by Gasteiger charge is 2.14. The quantitative estimate of drug-likeness (QED) is 0.310. The first kappa shape index (κ1) is 15.1. The summed E-state index contributed by atoms with van der Waals surface area (Å²) in [6, 6.07) is 11.9. The normalized spacial score (nSPS) is 11.4. The van der Waals surface area contributed by atoms with Gasteiger partial charge in [0, 0.05) is 29.1 Å². The van der Waals surface area contributed by atoms with Crippen LogP contribution in [0.1, 0.15) is 19.8 Å². The van der Waals surface area contributed by atoms with Gasteiger partial charge in [0.2, 0.25) is 0 Å². The van der Waals surface area contributed by atoms with E-state index in [4.69, 9.17) is 15.1 Å². The molecule has 4 aromatic rings. The summed E-state index contributed by atoms with van der Waals surface area (Å²) in [6.45, 7) is 2.19. The number of fused-ring (bicyclic) bond motifs is 3. The molecule has 0 aliphatic rings. The Hall–Kier alpha value is -2.47. The molecule has 0 spiro atoms. The maximum absolute atomic E-state index is 4.79. The number of pyridine rings is 1. The molecule has 24 heavy (non-hydrogen) atoms. The van der Waals surface area contributed by atoms with E-state index in [-0.39, 0.29) is 0 Å². The Morgan fingerprint density at radius 2 is 2.00 bits per heavy atom. The number of hydrogen-bond donors (Lipinski definition) is 0. The van der Waals surface area contributed by atoms with E-state index in [1.54, 1.807) is 24.2 Å². The summed E-state index contributed by atoms with van der Waals surface area (Å²) in [5, 5.41) is 6.60. The van der Waals surface area contributed by atoms with Gasteiger partial charge in [0.05, 0.1) is 5.52 Å². The third-order valence-corrected chi connectivity index (χ3v) is 4.81. The lowest BCUT2D eigenvalue weighted by Gasteiger charge is -2.05. The van der Waals surface area contributed by atoms with Gasteiger partial charge < -0.3 is 0 Å². The first-order chi connectivity index (χ1) is 11.9. The van der Waals surface area contributed by atoms with Gasteiger partial charge in [-0.05, 0) is 30.7 Å². The van der Waals surface area contributed by atoms with Crippen LogP contribution in [0.3, 0.4) is 0 Å². The number of para-hydroxylation sites is 1. The number of unbranched alkanes of at least 4 members (excludes halogenated alkanes) is 1. The van der Waals surface area contributed by atoms with Gasteiger partial charge in [0.15, 0.2) is 16.6 Å². The maximum atomic E-state index is 4.79. The monoisotopic (exact) mass is 335 g/mol. The van der Waals surface area contributed by atoms with E-state index in [0.29, 0.717) is 5.82 Å². The molecule has 0 bridgehead atoms. The summed E-state index contributed by atoms with van der Waals surface area (Å²) in [7, 11) is 0. The molecule has 5 nitrogen and oxygen atoms in total. The van der Waals surface area contributed by atoms with Crippen LogP contribution >= 0.6 is 11.8 Å². The fourth-order valence-electron chi connectivity index (χ4n) is 2.55. The van der Waals surface area contributed by atoms with E-state index in [0.717, 1.165) is 39.4 Å². The fourth-order valence-corrected chi connectivity index (χ4v) is 3.58. The molecule has 0 amide bonds. The second kappa shape index (κ2) is 6.57. The number of nitrogens with zero attached hydrogens (tertiary/aromatic N) is 5. The molecule has 0 aliphatic carbocycles. The molecule has 0 saturated carbocycles. The van der Waals surface area contributed by atoms with E-state index >= 15 is 0 Å². The van der Waals surface area contributed by atoms with Gasteiger partial charge in [-0.2, -0.15) is 4.52 Å². The average molecular weight is 335 g/mol. The Morgan fingerprint density at radius 3 is 2.83 bits per heavy atom. The summed E-state index contributed by atoms with van der Waals surface area (Å²) >= 11 is 1.73. The van der Waals surface area contributed by atoms with Crippen molar-refractivity contribution in [2.75, 3.05) is 5.75 Å². The highest BCUT2D eigenvalue weighted by atomic mass is 32.2. The molecule has 6 heteroatoms. The molecule has 0 fully saturated rings. The molecule has 1 aromatic carbocycles. The standard InChI is InChI=1S/C18H17N5S/c1-2-3-11-24-18-20-15-9-5-4-8-14(15)17-21-16(22-23(17)18)13-7-6-10-19-12-13/h4-10,12H,2-3,11H2,1H3. The number of rotatable bonds is 5. The average Bonchev–Trinajstić information content (AvgIpc) is 3.09. The van der Waals surface area contributed by atoms with Gasteiger partial charge in [-0.3, -0.25) is 4.98 Å². The summed E-state index contributed by atoms with van der Waals surface area (Å²) in [6.07, 6.45) is 5.86. The summed E-state index contributed by atoms with van der Waals surface area (Å²) < 4.78 is 1.87. The predicted molar refractivity (Wildman–Crippen MR) is 97.2 cm³/mol. The van der Waals surface area contributed by atoms with Crippen LogP contribution in [-0.2, 0) is 0 Å². The van der Waals surface area contributed by atoms with Gasteiger partial charge in [-0.25, -0.2) is 9.97 Å². The number of thioether (sulfide) groups is 1. The lowest BCUT2D eigenvalue weighted by atomic mass is 10.2. The van der Waals surface area contributed by atoms with Gasteiger partial charge >= 0.3 is 0 Å². The van der Waals surface area contributed by atoms with Crippen molar-refractivity contribution in [3.8, 4) is 11.4 Å². The SMILES string of the molecule is CCCCSc1nc2ccccc2c2nc(-c3cccnc3)nn12. The Labute approximate surface area is 144 Å². The highest BCUT2D eigenvalue weighted by Crippen LogP contribution is 2.26. The van der Waals surface area contributed by atoms with Crippen molar-refractivity contribution >= 4 is 28.3 Å². The lowest BCUT2D eigenvalue weighted by molar-refractivity contribution is 0.807. The first-order valence-electron chi connectivity index (χ1n) is 8.05. The molecule has 120 valence electrons. The Morgan fingerprint density at radius 1 is 1.08 bits per heavy atom. The van der Waals surface area contributed by atoms with Gasteiger partial charge in [-0.15, -0.1) is 5.10 Å². The molecule has 0 unspecified atom stereocenters. The van der Waals surface area contributed by atoms with E-state index in [2.05, 4.69) is 11.9 Å². The zero-order chi connectivity index (χ0) is 16.4. The lowest BCUT2D eigenvalue weighted by Crippen LogP contribution is -1.98. The first-order valence-corrected chi connectivity index (χ1v) is 9.04. The molecule has 0 saturated heterocycles. The second-order valence-electron chi connectivity index (χ2n) is 5.53. The molecule has 4 rings (SSSR count). The van der Waals surface area contributed by atoms with E-state index in [9.17, 15) is 0 Å². The minimum atomic E-state index is 0.679. The van der Waals surface area contributed by atoms with Crippen LogP contribution < -0.4 is 0 Å². The van der Waals surface area contributed by atoms with Crippen LogP contribution in [0.4, 0.5) is 0 Å². The minimum absolute atomic E-state index is 0.679. The third-order valence-electron chi connectivity index (χ3n) is 3.80. The smallest absolute Gasteiger partial charge is 0.191 e. The van der Waals surface area contributed by atoms with Crippen molar-refractivity contribution in [3.63, 3.8) is 0 Å². The molecular weight excluding hydrogens is 318 g/mol. The van der Waals surface area contributed by atoms with E-state index in [1.165, 1.54) is 6.42 Å². The summed E-state index contributed by atoms with van der Waals surface area (Å²) in [5.41, 5.74) is 2.71. The van der Waals surface area contributed by atoms with Crippen LogP contribution in [0.2, 0.25) is 0 Å². The maximum Gasteiger partial charge on any atom is 0.191 e. The van der Waals surface area contributed by atoms with Crippen LogP contribution in [0.25, 0.3) is 27.9 Å². The molecule has 0 atom stereocenters. The molecular formula is C18H17N5S. The van der Waals surface area contributed by atoms with Crippen LogP contribution in [0, 0.1) is 0 Å². The van der Waals surface area contributed by atoms with Crippen molar-refractivity contribution in [1.29, 1.82) is 0 Å². The third kappa shape index (κ3) is 2.73. The summed E-state index contributed by atoms with van der Waals surface area (Å²) in [5.74, 6) is 1.71. The minimum Gasteiger partial charge on any atom is -0.264 e. The van der Waals surface area contributed by atoms with Crippen LogP contribution in [0.15, 0.2) is 53.9 Å².